The van der Waals surface area contributed by atoms with Crippen LogP contribution < -0.4 is 14.8 Å². The second-order valence-corrected chi connectivity index (χ2v) is 9.88. The van der Waals surface area contributed by atoms with Gasteiger partial charge >= 0.3 is 18.1 Å². The number of fused-ring (bicyclic) bond motifs is 1. The molecule has 1 atom stereocenters. The van der Waals surface area contributed by atoms with E-state index >= 15 is 0 Å². The lowest BCUT2D eigenvalue weighted by atomic mass is 10.1. The number of carboxylic acid groups (broad SMARTS) is 2. The summed E-state index contributed by atoms with van der Waals surface area (Å²) in [5.41, 5.74) is 2.08. The van der Waals surface area contributed by atoms with E-state index in [4.69, 9.17) is 19.7 Å². The third-order valence-corrected chi connectivity index (χ3v) is 6.56. The summed E-state index contributed by atoms with van der Waals surface area (Å²) in [6, 6.07) is 11.9. The number of carbonyl (C=O) groups excluding carboxylic acids is 2. The van der Waals surface area contributed by atoms with E-state index in [1.807, 2.05) is 30.3 Å². The molecule has 0 saturated heterocycles. The smallest absolute Gasteiger partial charge is 0.490 e. The molecule has 12 nitrogen and oxygen atoms in total. The summed E-state index contributed by atoms with van der Waals surface area (Å²) in [7, 11) is -4.32. The molecule has 1 amide bonds. The number of rotatable bonds is 11. The lowest BCUT2D eigenvalue weighted by Crippen LogP contribution is -2.37. The largest absolute Gasteiger partial charge is 0.492 e. The minimum Gasteiger partial charge on any atom is -0.492 e. The van der Waals surface area contributed by atoms with E-state index in [0.29, 0.717) is 12.1 Å². The van der Waals surface area contributed by atoms with Gasteiger partial charge in [0.25, 0.3) is 0 Å². The van der Waals surface area contributed by atoms with Crippen molar-refractivity contribution >= 4 is 50.7 Å². The van der Waals surface area contributed by atoms with Crippen LogP contribution in [0.1, 0.15) is 18.9 Å². The van der Waals surface area contributed by atoms with Crippen molar-refractivity contribution in [1.29, 1.82) is 0 Å². The first-order valence-corrected chi connectivity index (χ1v) is 13.0. The second kappa shape index (κ2) is 14.2. The Balaban J connectivity index is 0.000000745. The highest BCUT2D eigenvalue weighted by Gasteiger charge is 2.38. The first-order valence-electron chi connectivity index (χ1n) is 11.5. The number of anilines is 1. The number of pyridine rings is 1. The van der Waals surface area contributed by atoms with Crippen molar-refractivity contribution in [2.45, 2.75) is 36.9 Å². The van der Waals surface area contributed by atoms with Gasteiger partial charge in [-0.05, 0) is 29.8 Å². The van der Waals surface area contributed by atoms with Crippen LogP contribution in [-0.2, 0) is 35.6 Å². The minimum atomic E-state index is -5.08. The highest BCUT2D eigenvalue weighted by molar-refractivity contribution is 7.89. The van der Waals surface area contributed by atoms with Gasteiger partial charge in [0.05, 0.1) is 24.6 Å². The molecule has 16 heteroatoms. The first-order chi connectivity index (χ1) is 19.1. The molecule has 0 aliphatic carbocycles. The molecule has 3 rings (SSSR count). The molecule has 220 valence electrons. The molecule has 1 aromatic heterocycles. The van der Waals surface area contributed by atoms with E-state index < -0.39 is 40.6 Å². The van der Waals surface area contributed by atoms with Crippen LogP contribution in [0.4, 0.5) is 18.9 Å². The van der Waals surface area contributed by atoms with Crippen LogP contribution in [0, 0.1) is 0 Å². The van der Waals surface area contributed by atoms with Crippen LogP contribution in [0.2, 0.25) is 0 Å². The number of alkyl halides is 3. The summed E-state index contributed by atoms with van der Waals surface area (Å²) in [5, 5.41) is 19.5. The van der Waals surface area contributed by atoms with Crippen LogP contribution in [0.25, 0.3) is 10.9 Å². The molecular weight excluding hydrogens is 575 g/mol. The number of carbonyl (C=O) groups is 4. The molecule has 0 fully saturated rings. The Morgan fingerprint density at radius 1 is 1.10 bits per heavy atom. The van der Waals surface area contributed by atoms with Crippen LogP contribution in [0.15, 0.2) is 59.6 Å². The van der Waals surface area contributed by atoms with Crippen LogP contribution in [-0.4, -0.2) is 66.6 Å². The van der Waals surface area contributed by atoms with Crippen molar-refractivity contribution < 1.29 is 55.7 Å². The number of aromatic nitrogens is 1. The van der Waals surface area contributed by atoms with E-state index in [9.17, 15) is 36.0 Å². The molecule has 0 spiro atoms. The number of sulfonamides is 1. The maximum atomic E-state index is 12.9. The number of halogens is 3. The summed E-state index contributed by atoms with van der Waals surface area (Å²) in [6.45, 7) is 1.41. The lowest BCUT2D eigenvalue weighted by molar-refractivity contribution is -0.192. The highest BCUT2D eigenvalue weighted by Crippen LogP contribution is 2.28. The molecule has 0 radical (unpaired) electrons. The minimum absolute atomic E-state index is 0.0583. The van der Waals surface area contributed by atoms with Gasteiger partial charge in [-0.3, -0.25) is 14.6 Å². The number of nitrogens with zero attached hydrogens (tertiary/aromatic N) is 1. The molecule has 0 aliphatic rings. The van der Waals surface area contributed by atoms with Gasteiger partial charge in [-0.15, -0.1) is 0 Å². The van der Waals surface area contributed by atoms with Crippen molar-refractivity contribution in [3.8, 4) is 5.75 Å². The fourth-order valence-corrected chi connectivity index (χ4v) is 4.64. The Morgan fingerprint density at radius 3 is 2.37 bits per heavy atom. The van der Waals surface area contributed by atoms with Gasteiger partial charge in [0, 0.05) is 36.7 Å². The third-order valence-electron chi connectivity index (χ3n) is 5.03. The second-order valence-electron chi connectivity index (χ2n) is 8.19. The van der Waals surface area contributed by atoms with Gasteiger partial charge in [-0.2, -0.15) is 13.2 Å². The van der Waals surface area contributed by atoms with Gasteiger partial charge in [0.15, 0.2) is 0 Å². The Kier molecular flexibility index (Phi) is 11.3. The lowest BCUT2D eigenvalue weighted by Gasteiger charge is -2.16. The van der Waals surface area contributed by atoms with E-state index in [-0.39, 0.29) is 29.4 Å². The quantitative estimate of drug-likeness (QED) is 0.239. The number of nitrogens with one attached hydrogen (secondary N) is 2. The maximum Gasteiger partial charge on any atom is 0.490 e. The summed E-state index contributed by atoms with van der Waals surface area (Å²) in [4.78, 5) is 46.4. The Bertz CT molecular complexity index is 1520. The molecule has 1 unspecified atom stereocenters. The summed E-state index contributed by atoms with van der Waals surface area (Å²) < 4.78 is 65.4. The standard InChI is InChI=1S/C23H23N3O7S.C2HF3O2/c1-15(28)25-17-7-8-22(34(31,32)26-18(14-27)13-23(29)30)21(12-17)33-11-9-16-4-2-6-20-19(16)5-3-10-24-20;3-2(4,5)1(6)7/h2-8,10,12,14,18,26H,9,11,13H2,1H3,(H,25,28)(H,29,30);(H,6,7). The SMILES string of the molecule is CC(=O)Nc1ccc(S(=O)(=O)NC(C=O)CC(=O)O)c(OCCc2cccc3ncccc23)c1.O=C(O)C(F)(F)F. The normalized spacial score (nSPS) is 12.0. The predicted octanol–water partition coefficient (Wildman–Crippen LogP) is 2.77. The Labute approximate surface area is 231 Å². The van der Waals surface area contributed by atoms with Crippen molar-refractivity contribution in [3.05, 3.63) is 60.3 Å². The predicted molar refractivity (Wildman–Crippen MR) is 138 cm³/mol. The van der Waals surface area contributed by atoms with E-state index in [1.165, 1.54) is 25.1 Å². The fraction of sp³-hybridized carbons (Fsp3) is 0.240. The van der Waals surface area contributed by atoms with Crippen molar-refractivity contribution in [2.75, 3.05) is 11.9 Å². The third kappa shape index (κ3) is 10.2. The van der Waals surface area contributed by atoms with Crippen molar-refractivity contribution in [1.82, 2.24) is 9.71 Å². The molecule has 2 aromatic carbocycles. The Hall–Kier alpha value is -4.57. The number of aldehydes is 1. The van der Waals surface area contributed by atoms with E-state index in [2.05, 4.69) is 15.0 Å². The van der Waals surface area contributed by atoms with Gasteiger partial charge in [-0.1, -0.05) is 18.2 Å². The zero-order chi connectivity index (χ0) is 30.8. The van der Waals surface area contributed by atoms with Gasteiger partial charge in [-0.25, -0.2) is 17.9 Å². The van der Waals surface area contributed by atoms with Crippen LogP contribution in [0.3, 0.4) is 0 Å². The molecule has 0 aliphatic heterocycles. The summed E-state index contributed by atoms with van der Waals surface area (Å²) >= 11 is 0. The van der Waals surface area contributed by atoms with Crippen LogP contribution >= 0.6 is 0 Å². The monoisotopic (exact) mass is 599 g/mol. The average molecular weight is 600 g/mol. The number of hydrogen-bond acceptors (Lipinski definition) is 8. The fourth-order valence-electron chi connectivity index (χ4n) is 3.35. The number of ether oxygens (including phenoxy) is 1. The Morgan fingerprint density at radius 2 is 1.78 bits per heavy atom. The first kappa shape index (κ1) is 32.6. The van der Waals surface area contributed by atoms with Gasteiger partial charge in [0.2, 0.25) is 15.9 Å². The van der Waals surface area contributed by atoms with Gasteiger partial charge in [0.1, 0.15) is 16.9 Å². The molecule has 41 heavy (non-hydrogen) atoms. The van der Waals surface area contributed by atoms with Crippen molar-refractivity contribution in [2.24, 2.45) is 0 Å². The number of benzene rings is 2. The number of amides is 1. The van der Waals surface area contributed by atoms with Gasteiger partial charge < -0.3 is 25.1 Å². The number of aliphatic carboxylic acids is 2. The number of hydrogen-bond donors (Lipinski definition) is 4. The zero-order valence-electron chi connectivity index (χ0n) is 21.2. The van der Waals surface area contributed by atoms with Crippen LogP contribution in [0.5, 0.6) is 5.75 Å². The summed E-state index contributed by atoms with van der Waals surface area (Å²) in [6.07, 6.45) is -3.45. The molecule has 4 N–H and O–H groups in total. The molecule has 0 bridgehead atoms. The zero-order valence-corrected chi connectivity index (χ0v) is 22.0. The molecule has 0 saturated carbocycles. The topological polar surface area (TPSA) is 189 Å². The molecule has 3 aromatic rings. The average Bonchev–Trinajstić information content (AvgIpc) is 2.87. The molecule has 1 heterocycles. The summed E-state index contributed by atoms with van der Waals surface area (Å²) in [5.74, 6) is -4.50. The van der Waals surface area contributed by atoms with E-state index in [0.717, 1.165) is 16.5 Å². The number of carboxylic acids is 2. The van der Waals surface area contributed by atoms with E-state index in [1.54, 1.807) is 6.20 Å². The highest BCUT2D eigenvalue weighted by atomic mass is 32.2. The maximum absolute atomic E-state index is 12.9. The molecular formula is C25H24F3N3O9S. The van der Waals surface area contributed by atoms with Crippen molar-refractivity contribution in [3.63, 3.8) is 0 Å².